The standard InChI is InChI=1S/C17H25NO3/c1-5-21-15-8-6-14(7-9-15)16(19)10-11-17(20)18-13(4)12(2)3/h6-9,12-13H,5,10-11H2,1-4H3,(H,18,20). The van der Waals surface area contributed by atoms with Gasteiger partial charge in [-0.15, -0.1) is 0 Å². The van der Waals surface area contributed by atoms with Gasteiger partial charge in [0.15, 0.2) is 5.78 Å². The van der Waals surface area contributed by atoms with Gasteiger partial charge in [0.05, 0.1) is 6.61 Å². The molecular formula is C17H25NO3. The summed E-state index contributed by atoms with van der Waals surface area (Å²) < 4.78 is 5.33. The first kappa shape index (κ1) is 17.2. The lowest BCUT2D eigenvalue weighted by molar-refractivity contribution is -0.121. The highest BCUT2D eigenvalue weighted by molar-refractivity contribution is 5.98. The molecule has 0 radical (unpaired) electrons. The van der Waals surface area contributed by atoms with E-state index < -0.39 is 0 Å². The van der Waals surface area contributed by atoms with Gasteiger partial charge in [-0.25, -0.2) is 0 Å². The number of ketones is 1. The molecule has 21 heavy (non-hydrogen) atoms. The Balaban J connectivity index is 2.44. The second-order valence-electron chi connectivity index (χ2n) is 5.48. The van der Waals surface area contributed by atoms with Crippen LogP contribution in [0.3, 0.4) is 0 Å². The maximum atomic E-state index is 12.0. The fourth-order valence-electron chi connectivity index (χ4n) is 1.77. The van der Waals surface area contributed by atoms with E-state index in [9.17, 15) is 9.59 Å². The van der Waals surface area contributed by atoms with Crippen molar-refractivity contribution in [2.45, 2.75) is 46.6 Å². The van der Waals surface area contributed by atoms with E-state index in [0.717, 1.165) is 5.75 Å². The predicted octanol–water partition coefficient (Wildman–Crippen LogP) is 3.21. The van der Waals surface area contributed by atoms with Crippen LogP contribution in [0.4, 0.5) is 0 Å². The number of carbonyl (C=O) groups excluding carboxylic acids is 2. The molecule has 1 aromatic carbocycles. The number of nitrogens with one attached hydrogen (secondary N) is 1. The predicted molar refractivity (Wildman–Crippen MR) is 83.6 cm³/mol. The van der Waals surface area contributed by atoms with E-state index in [0.29, 0.717) is 18.1 Å². The molecular weight excluding hydrogens is 266 g/mol. The minimum Gasteiger partial charge on any atom is -0.494 e. The van der Waals surface area contributed by atoms with E-state index >= 15 is 0 Å². The van der Waals surface area contributed by atoms with Crippen molar-refractivity contribution >= 4 is 11.7 Å². The van der Waals surface area contributed by atoms with E-state index in [-0.39, 0.29) is 30.6 Å². The first-order chi connectivity index (χ1) is 9.93. The molecule has 1 rings (SSSR count). The Bertz CT molecular complexity index is 465. The van der Waals surface area contributed by atoms with Crippen LogP contribution in [0, 0.1) is 5.92 Å². The van der Waals surface area contributed by atoms with Crippen LogP contribution in [0.2, 0.25) is 0 Å². The number of ether oxygens (including phenoxy) is 1. The topological polar surface area (TPSA) is 55.4 Å². The Morgan fingerprint density at radius 3 is 2.24 bits per heavy atom. The highest BCUT2D eigenvalue weighted by atomic mass is 16.5. The molecule has 0 bridgehead atoms. The first-order valence-corrected chi connectivity index (χ1v) is 7.49. The molecule has 0 aromatic heterocycles. The van der Waals surface area contributed by atoms with Crippen LogP contribution in [0.1, 0.15) is 50.9 Å². The molecule has 0 spiro atoms. The summed E-state index contributed by atoms with van der Waals surface area (Å²) in [5, 5.41) is 2.90. The van der Waals surface area contributed by atoms with Crippen molar-refractivity contribution in [3.8, 4) is 5.75 Å². The van der Waals surface area contributed by atoms with Crippen LogP contribution in [0.5, 0.6) is 5.75 Å². The molecule has 0 fully saturated rings. The zero-order valence-corrected chi connectivity index (χ0v) is 13.3. The fourth-order valence-corrected chi connectivity index (χ4v) is 1.77. The fraction of sp³-hybridized carbons (Fsp3) is 0.529. The molecule has 1 unspecified atom stereocenters. The first-order valence-electron chi connectivity index (χ1n) is 7.49. The highest BCUT2D eigenvalue weighted by Gasteiger charge is 2.13. The van der Waals surface area contributed by atoms with Crippen LogP contribution in [0.15, 0.2) is 24.3 Å². The Kier molecular flexibility index (Phi) is 6.92. The quantitative estimate of drug-likeness (QED) is 0.748. The Morgan fingerprint density at radius 1 is 1.10 bits per heavy atom. The summed E-state index contributed by atoms with van der Waals surface area (Å²) in [6.07, 6.45) is 0.452. The van der Waals surface area contributed by atoms with Gasteiger partial charge >= 0.3 is 0 Å². The molecule has 1 aromatic rings. The molecule has 4 nitrogen and oxygen atoms in total. The van der Waals surface area contributed by atoms with Crippen molar-refractivity contribution in [3.05, 3.63) is 29.8 Å². The van der Waals surface area contributed by atoms with Gasteiger partial charge < -0.3 is 10.1 Å². The van der Waals surface area contributed by atoms with Gasteiger partial charge in [0, 0.05) is 24.4 Å². The van der Waals surface area contributed by atoms with Gasteiger partial charge in [-0.1, -0.05) is 13.8 Å². The third-order valence-electron chi connectivity index (χ3n) is 3.46. The average molecular weight is 291 g/mol. The van der Waals surface area contributed by atoms with E-state index in [1.807, 2.05) is 13.8 Å². The summed E-state index contributed by atoms with van der Waals surface area (Å²) in [6.45, 7) is 8.58. The molecule has 116 valence electrons. The summed E-state index contributed by atoms with van der Waals surface area (Å²) in [6, 6.07) is 7.15. The summed E-state index contributed by atoms with van der Waals surface area (Å²) >= 11 is 0. The van der Waals surface area contributed by atoms with Gasteiger partial charge in [-0.3, -0.25) is 9.59 Å². The number of carbonyl (C=O) groups is 2. The van der Waals surface area contributed by atoms with Crippen LogP contribution in [-0.2, 0) is 4.79 Å². The number of hydrogen-bond donors (Lipinski definition) is 1. The second kappa shape index (κ2) is 8.45. The Hall–Kier alpha value is -1.84. The highest BCUT2D eigenvalue weighted by Crippen LogP contribution is 2.14. The maximum Gasteiger partial charge on any atom is 0.220 e. The van der Waals surface area contributed by atoms with Gasteiger partial charge in [0.25, 0.3) is 0 Å². The number of Topliss-reactive ketones (excluding diaryl/α,β-unsaturated/α-hetero) is 1. The van der Waals surface area contributed by atoms with Gasteiger partial charge in [-0.2, -0.15) is 0 Å². The lowest BCUT2D eigenvalue weighted by atomic mass is 10.0. The molecule has 0 heterocycles. The van der Waals surface area contributed by atoms with Crippen molar-refractivity contribution < 1.29 is 14.3 Å². The van der Waals surface area contributed by atoms with Crippen LogP contribution >= 0.6 is 0 Å². The molecule has 4 heteroatoms. The normalized spacial score (nSPS) is 12.0. The third-order valence-corrected chi connectivity index (χ3v) is 3.46. The van der Waals surface area contributed by atoms with Crippen molar-refractivity contribution in [3.63, 3.8) is 0 Å². The van der Waals surface area contributed by atoms with Crippen LogP contribution in [-0.4, -0.2) is 24.3 Å². The van der Waals surface area contributed by atoms with Crippen molar-refractivity contribution in [2.24, 2.45) is 5.92 Å². The molecule has 0 aliphatic rings. The number of hydrogen-bond acceptors (Lipinski definition) is 3. The van der Waals surface area contributed by atoms with Crippen LogP contribution < -0.4 is 10.1 Å². The average Bonchev–Trinajstić information content (AvgIpc) is 2.45. The summed E-state index contributed by atoms with van der Waals surface area (Å²) in [5.74, 6) is 1.04. The zero-order chi connectivity index (χ0) is 15.8. The van der Waals surface area contributed by atoms with Crippen molar-refractivity contribution in [1.82, 2.24) is 5.32 Å². The molecule has 1 atom stereocenters. The van der Waals surface area contributed by atoms with Gasteiger partial charge in [0.1, 0.15) is 5.75 Å². The minimum absolute atomic E-state index is 0.0228. The van der Waals surface area contributed by atoms with Gasteiger partial charge in [0.2, 0.25) is 5.91 Å². The van der Waals surface area contributed by atoms with E-state index in [4.69, 9.17) is 4.74 Å². The maximum absolute atomic E-state index is 12.0. The molecule has 0 aliphatic carbocycles. The van der Waals surface area contributed by atoms with Crippen molar-refractivity contribution in [2.75, 3.05) is 6.61 Å². The minimum atomic E-state index is -0.0736. The number of amides is 1. The summed E-state index contributed by atoms with van der Waals surface area (Å²) in [4.78, 5) is 23.8. The Labute approximate surface area is 126 Å². The molecule has 0 saturated carbocycles. The van der Waals surface area contributed by atoms with E-state index in [1.54, 1.807) is 24.3 Å². The summed E-state index contributed by atoms with van der Waals surface area (Å²) in [5.41, 5.74) is 0.614. The van der Waals surface area contributed by atoms with Gasteiger partial charge in [-0.05, 0) is 44.0 Å². The monoisotopic (exact) mass is 291 g/mol. The SMILES string of the molecule is CCOc1ccc(C(=O)CCC(=O)NC(C)C(C)C)cc1. The molecule has 1 N–H and O–H groups in total. The lowest BCUT2D eigenvalue weighted by Crippen LogP contribution is -2.36. The summed E-state index contributed by atoms with van der Waals surface area (Å²) in [7, 11) is 0. The molecule has 0 saturated heterocycles. The third kappa shape index (κ3) is 5.98. The second-order valence-corrected chi connectivity index (χ2v) is 5.48. The number of rotatable bonds is 8. The van der Waals surface area contributed by atoms with Crippen LogP contribution in [0.25, 0.3) is 0 Å². The molecule has 1 amide bonds. The number of benzene rings is 1. The van der Waals surface area contributed by atoms with Crippen molar-refractivity contribution in [1.29, 1.82) is 0 Å². The Morgan fingerprint density at radius 2 is 1.71 bits per heavy atom. The van der Waals surface area contributed by atoms with E-state index in [2.05, 4.69) is 19.2 Å². The molecule has 0 aliphatic heterocycles. The zero-order valence-electron chi connectivity index (χ0n) is 13.3. The lowest BCUT2D eigenvalue weighted by Gasteiger charge is -2.17. The van der Waals surface area contributed by atoms with E-state index in [1.165, 1.54) is 0 Å². The largest absolute Gasteiger partial charge is 0.494 e. The smallest absolute Gasteiger partial charge is 0.220 e.